The van der Waals surface area contributed by atoms with Crippen molar-refractivity contribution in [1.29, 1.82) is 0 Å². The third-order valence-electron chi connectivity index (χ3n) is 11.7. The molecule has 0 aromatic heterocycles. The minimum absolute atomic E-state index is 0.0482. The summed E-state index contributed by atoms with van der Waals surface area (Å²) in [5.41, 5.74) is 0. The minimum atomic E-state index is -0.881. The summed E-state index contributed by atoms with van der Waals surface area (Å²) in [5, 5.41) is 9.67. The first-order valence-corrected chi connectivity index (χ1v) is 27.3. The number of carbonyl (C=O) groups is 3. The number of allylic oxidation sites excluding steroid dienone is 16. The molecule has 8 nitrogen and oxygen atoms in total. The lowest BCUT2D eigenvalue weighted by Gasteiger charge is -2.31. The van der Waals surface area contributed by atoms with Gasteiger partial charge in [-0.15, -0.1) is 0 Å². The summed E-state index contributed by atoms with van der Waals surface area (Å²) in [4.78, 5) is 37.2. The number of unbranched alkanes of at least 4 members (excludes halogenated alkanes) is 18. The number of ether oxygens (including phenoxy) is 3. The molecule has 0 aliphatic heterocycles. The molecule has 0 rings (SSSR count). The smallest absolute Gasteiger partial charge is 0.362 e. The number of hydrogen-bond donors (Lipinski definition) is 1. The van der Waals surface area contributed by atoms with Gasteiger partial charge in [-0.25, -0.2) is 4.79 Å². The highest BCUT2D eigenvalue weighted by Gasteiger charge is 2.31. The van der Waals surface area contributed by atoms with E-state index in [1.807, 2.05) is 21.1 Å². The van der Waals surface area contributed by atoms with Crippen molar-refractivity contribution >= 4 is 17.9 Å². The molecule has 8 heteroatoms. The fourth-order valence-corrected chi connectivity index (χ4v) is 7.60. The lowest BCUT2D eigenvalue weighted by Crippen LogP contribution is -2.50. The fourth-order valence-electron chi connectivity index (χ4n) is 7.60. The molecule has 0 radical (unpaired) electrons. The van der Waals surface area contributed by atoms with E-state index in [-0.39, 0.29) is 36.2 Å². The summed E-state index contributed by atoms with van der Waals surface area (Å²) in [6, 6.07) is -0.625. The topological polar surface area (TPSA) is 99.1 Å². The monoisotopic (exact) mass is 949 g/mol. The highest BCUT2D eigenvalue weighted by molar-refractivity contribution is 5.72. The van der Waals surface area contributed by atoms with E-state index in [2.05, 4.69) is 111 Å². The van der Waals surface area contributed by atoms with Crippen LogP contribution in [0.2, 0.25) is 0 Å². The predicted molar refractivity (Wildman–Crippen MR) is 289 cm³/mol. The van der Waals surface area contributed by atoms with Gasteiger partial charge in [0.25, 0.3) is 0 Å². The van der Waals surface area contributed by atoms with Gasteiger partial charge in [-0.3, -0.25) is 9.59 Å². The maximum absolute atomic E-state index is 12.8. The lowest BCUT2D eigenvalue weighted by molar-refractivity contribution is -0.887. The molecule has 2 unspecified atom stereocenters. The number of esters is 2. The Morgan fingerprint density at radius 3 is 1.15 bits per heavy atom. The van der Waals surface area contributed by atoms with Crippen LogP contribution in [0.3, 0.4) is 0 Å². The Balaban J connectivity index is 4.27. The van der Waals surface area contributed by atoms with Gasteiger partial charge < -0.3 is 23.8 Å². The first-order chi connectivity index (χ1) is 33.1. The molecule has 0 bridgehead atoms. The number of quaternary nitrogens is 1. The predicted octanol–water partition coefficient (Wildman–Crippen LogP) is 16.2. The van der Waals surface area contributed by atoms with E-state index in [0.29, 0.717) is 19.3 Å². The van der Waals surface area contributed by atoms with Gasteiger partial charge in [0.2, 0.25) is 0 Å². The summed E-state index contributed by atoms with van der Waals surface area (Å²) in [7, 11) is 5.53. The van der Waals surface area contributed by atoms with E-state index in [4.69, 9.17) is 14.2 Å². The largest absolute Gasteiger partial charge is 0.477 e. The van der Waals surface area contributed by atoms with Crippen LogP contribution in [0.25, 0.3) is 0 Å². The second-order valence-corrected chi connectivity index (χ2v) is 19.1. The number of nitrogens with zero attached hydrogens (tertiary/aromatic N) is 1. The molecule has 0 aliphatic carbocycles. The van der Waals surface area contributed by atoms with Crippen molar-refractivity contribution in [2.75, 3.05) is 41.0 Å². The summed E-state index contributed by atoms with van der Waals surface area (Å²) >= 11 is 0. The third-order valence-corrected chi connectivity index (χ3v) is 11.7. The van der Waals surface area contributed by atoms with Crippen LogP contribution in [0.1, 0.15) is 213 Å². The van der Waals surface area contributed by atoms with Crippen LogP contribution < -0.4 is 0 Å². The van der Waals surface area contributed by atoms with Crippen LogP contribution in [0.4, 0.5) is 0 Å². The van der Waals surface area contributed by atoms with E-state index in [0.717, 1.165) is 103 Å². The van der Waals surface area contributed by atoms with Gasteiger partial charge in [-0.1, -0.05) is 201 Å². The number of carboxylic acid groups (broad SMARTS) is 1. The zero-order chi connectivity index (χ0) is 49.9. The first kappa shape index (κ1) is 64.2. The van der Waals surface area contributed by atoms with Gasteiger partial charge >= 0.3 is 17.9 Å². The van der Waals surface area contributed by atoms with Crippen molar-refractivity contribution in [3.05, 3.63) is 97.2 Å². The highest BCUT2D eigenvalue weighted by Crippen LogP contribution is 2.15. The van der Waals surface area contributed by atoms with Crippen molar-refractivity contribution in [2.45, 2.75) is 225 Å². The molecule has 0 aliphatic rings. The Kier molecular flexibility index (Phi) is 46.9. The molecule has 0 spiro atoms. The normalized spacial score (nSPS) is 13.6. The maximum atomic E-state index is 12.8. The molecule has 68 heavy (non-hydrogen) atoms. The SMILES string of the molecule is CC/C=C/C/C=C/C/C=C/C/C=C/C/C=C/C/C=C/CCCCCCC(=O)OCC(COCCC(C(=O)O)[N+](C)(C)C)OC(=O)CCCCCCCCCCCCCCCC/C=C/C/C=C/CC. The van der Waals surface area contributed by atoms with Crippen LogP contribution in [0.5, 0.6) is 0 Å². The molecule has 0 amide bonds. The fraction of sp³-hybridized carbons (Fsp3) is 0.683. The van der Waals surface area contributed by atoms with E-state index in [1.165, 1.54) is 77.0 Å². The van der Waals surface area contributed by atoms with Crippen molar-refractivity contribution in [3.63, 3.8) is 0 Å². The second-order valence-electron chi connectivity index (χ2n) is 19.1. The number of rotatable bonds is 48. The number of carbonyl (C=O) groups excluding carboxylic acids is 2. The Hall–Kier alpha value is -3.75. The van der Waals surface area contributed by atoms with Crippen molar-refractivity contribution in [2.24, 2.45) is 0 Å². The molecule has 0 heterocycles. The van der Waals surface area contributed by atoms with Crippen molar-refractivity contribution in [1.82, 2.24) is 0 Å². The molecule has 0 aromatic rings. The second kappa shape index (κ2) is 49.7. The minimum Gasteiger partial charge on any atom is -0.477 e. The summed E-state index contributed by atoms with van der Waals surface area (Å²) in [6.45, 7) is 4.50. The molecule has 0 aromatic carbocycles. The quantitative estimate of drug-likeness (QED) is 0.0281. The number of aliphatic carboxylic acids is 1. The summed E-state index contributed by atoms with van der Waals surface area (Å²) in [6.07, 6.45) is 67.5. The number of carboxylic acids is 1. The van der Waals surface area contributed by atoms with E-state index < -0.39 is 18.1 Å². The van der Waals surface area contributed by atoms with Gasteiger partial charge in [0.15, 0.2) is 12.1 Å². The van der Waals surface area contributed by atoms with E-state index >= 15 is 0 Å². The summed E-state index contributed by atoms with van der Waals surface area (Å²) < 4.78 is 17.4. The van der Waals surface area contributed by atoms with Crippen LogP contribution in [0.15, 0.2) is 97.2 Å². The van der Waals surface area contributed by atoms with Gasteiger partial charge in [-0.2, -0.15) is 0 Å². The van der Waals surface area contributed by atoms with Gasteiger partial charge in [-0.05, 0) is 89.9 Å². The average Bonchev–Trinajstić information content (AvgIpc) is 3.30. The van der Waals surface area contributed by atoms with E-state index in [1.54, 1.807) is 0 Å². The van der Waals surface area contributed by atoms with Crippen LogP contribution in [-0.4, -0.2) is 80.6 Å². The van der Waals surface area contributed by atoms with Crippen LogP contribution in [-0.2, 0) is 28.6 Å². The molecular weight excluding hydrogens is 847 g/mol. The third kappa shape index (κ3) is 47.3. The summed E-state index contributed by atoms with van der Waals surface area (Å²) in [5.74, 6) is -1.50. The molecule has 1 N–H and O–H groups in total. The molecule has 0 saturated heterocycles. The van der Waals surface area contributed by atoms with Crippen LogP contribution in [0, 0.1) is 0 Å². The Labute approximate surface area is 417 Å². The zero-order valence-corrected chi connectivity index (χ0v) is 44.3. The Bertz CT molecular complexity index is 1430. The standard InChI is InChI=1S/C60H101NO7/c1-6-8-10-12-14-16-18-20-22-24-26-28-29-31-32-34-36-38-40-42-44-46-48-50-58(62)67-55-56(54-66-53-52-57(60(64)65)61(3,4)5)68-59(63)51-49-47-45-43-41-39-37-35-33-30-27-25-23-21-19-17-15-13-11-9-7-2/h8-11,14-17,20,22,26,28,31-32,36,38,56-57H,6-7,12-13,18-19,21,23-25,27,29-30,33-35,37,39-55H2,1-5H3/p+1/b10-8+,11-9+,16-14+,17-15+,22-20+,28-26+,32-31+,38-36+. The van der Waals surface area contributed by atoms with Crippen molar-refractivity contribution < 1.29 is 38.2 Å². The molecule has 0 saturated carbocycles. The molecule has 2 atom stereocenters. The maximum Gasteiger partial charge on any atom is 0.362 e. The van der Waals surface area contributed by atoms with Gasteiger partial charge in [0.05, 0.1) is 34.4 Å². The number of hydrogen-bond acceptors (Lipinski definition) is 6. The highest BCUT2D eigenvalue weighted by atomic mass is 16.6. The Morgan fingerprint density at radius 2 is 0.779 bits per heavy atom. The number of likely N-dealkylation sites (N-methyl/N-ethyl adjacent to an activating group) is 1. The lowest BCUT2D eigenvalue weighted by atomic mass is 10.0. The Morgan fingerprint density at radius 1 is 0.441 bits per heavy atom. The first-order valence-electron chi connectivity index (χ1n) is 27.3. The molecule has 388 valence electrons. The zero-order valence-electron chi connectivity index (χ0n) is 44.3. The van der Waals surface area contributed by atoms with Crippen LogP contribution >= 0.6 is 0 Å². The molecule has 0 fully saturated rings. The molecular formula is C60H102NO7+. The average molecular weight is 949 g/mol. The van der Waals surface area contributed by atoms with Gasteiger partial charge in [0.1, 0.15) is 6.61 Å². The van der Waals surface area contributed by atoms with Crippen molar-refractivity contribution in [3.8, 4) is 0 Å². The van der Waals surface area contributed by atoms with E-state index in [9.17, 15) is 19.5 Å². The van der Waals surface area contributed by atoms with Gasteiger partial charge in [0, 0.05) is 19.3 Å².